The van der Waals surface area contributed by atoms with E-state index in [1.807, 2.05) is 0 Å². The maximum absolute atomic E-state index is 15.4. The van der Waals surface area contributed by atoms with E-state index in [4.69, 9.17) is 14.0 Å². The van der Waals surface area contributed by atoms with Crippen molar-refractivity contribution in [2.24, 2.45) is 9.98 Å². The lowest BCUT2D eigenvalue weighted by molar-refractivity contribution is 0.206. The molecule has 0 aliphatic carbocycles. The van der Waals surface area contributed by atoms with Gasteiger partial charge in [-0.25, -0.2) is 18.6 Å². The monoisotopic (exact) mass is 490 g/mol. The number of aryl methyl sites for hydroxylation is 1. The molecule has 0 aliphatic rings. The molecule has 0 bridgehead atoms. The molecule has 1 aromatic heterocycles. The molecule has 0 aliphatic heterocycles. The van der Waals surface area contributed by atoms with Crippen LogP contribution in [0.3, 0.4) is 0 Å². The molecule has 0 spiro atoms. The number of nitrogens with zero attached hydrogens (tertiary/aromatic N) is 4. The second-order valence-electron chi connectivity index (χ2n) is 6.57. The summed E-state index contributed by atoms with van der Waals surface area (Å²) in [6, 6.07) is 9.22. The smallest absolute Gasteiger partial charge is 0.432 e. The summed E-state index contributed by atoms with van der Waals surface area (Å²) in [5, 5.41) is 13.0. The average molecular weight is 490 g/mol. The van der Waals surface area contributed by atoms with E-state index in [2.05, 4.69) is 20.1 Å². The number of benzene rings is 2. The third kappa shape index (κ3) is 5.95. The molecule has 0 saturated heterocycles. The van der Waals surface area contributed by atoms with Gasteiger partial charge in [0.25, 0.3) is 0 Å². The fourth-order valence-corrected chi connectivity index (χ4v) is 3.37. The Labute approximate surface area is 197 Å². The van der Waals surface area contributed by atoms with Crippen molar-refractivity contribution in [2.45, 2.75) is 6.92 Å². The van der Waals surface area contributed by atoms with Crippen LogP contribution >= 0.6 is 11.8 Å². The summed E-state index contributed by atoms with van der Waals surface area (Å²) in [6.45, 7) is 0.475. The molecule has 0 radical (unpaired) electrons. The predicted octanol–water partition coefficient (Wildman–Crippen LogP) is 5.10. The zero-order chi connectivity index (χ0) is 24.7. The highest BCUT2D eigenvalue weighted by molar-refractivity contribution is 8.15. The van der Waals surface area contributed by atoms with Gasteiger partial charge in [-0.1, -0.05) is 5.16 Å². The van der Waals surface area contributed by atoms with Crippen molar-refractivity contribution in [2.75, 3.05) is 26.6 Å². The zero-order valence-corrected chi connectivity index (χ0v) is 19.2. The van der Waals surface area contributed by atoms with Gasteiger partial charge in [-0.2, -0.15) is 9.98 Å². The largest absolute Gasteiger partial charge is 0.497 e. The van der Waals surface area contributed by atoms with Crippen molar-refractivity contribution in [3.05, 3.63) is 53.7 Å². The van der Waals surface area contributed by atoms with Crippen molar-refractivity contribution in [3.63, 3.8) is 0 Å². The van der Waals surface area contributed by atoms with Gasteiger partial charge in [0, 0.05) is 24.1 Å². The number of amides is 1. The first-order valence-electron chi connectivity index (χ1n) is 9.78. The first kappa shape index (κ1) is 24.8. The summed E-state index contributed by atoms with van der Waals surface area (Å²) < 4.78 is 43.3. The Kier molecular flexibility index (Phi) is 8.30. The molecule has 9 nitrogen and oxygen atoms in total. The highest BCUT2D eigenvalue weighted by Gasteiger charge is 2.22. The topological polar surface area (TPSA) is 119 Å². The zero-order valence-electron chi connectivity index (χ0n) is 18.4. The van der Waals surface area contributed by atoms with Crippen LogP contribution in [0, 0.1) is 12.7 Å². The normalized spacial score (nSPS) is 12.0. The van der Waals surface area contributed by atoms with Crippen LogP contribution in [0.4, 0.5) is 19.3 Å². The van der Waals surface area contributed by atoms with Crippen molar-refractivity contribution >= 4 is 34.3 Å². The molecule has 0 unspecified atom stereocenters. The summed E-state index contributed by atoms with van der Waals surface area (Å²) in [6.07, 6.45) is 0.106. The van der Waals surface area contributed by atoms with Crippen molar-refractivity contribution < 1.29 is 32.7 Å². The van der Waals surface area contributed by atoms with E-state index >= 15 is 4.39 Å². The second kappa shape index (κ2) is 11.4. The average Bonchev–Trinajstić information content (AvgIpc) is 3.27. The molecule has 1 amide bonds. The highest BCUT2D eigenvalue weighted by atomic mass is 32.2. The number of alkyl halides is 1. The summed E-state index contributed by atoms with van der Waals surface area (Å²) in [5.41, 5.74) is 0.843. The Hall–Kier alpha value is -3.80. The molecule has 0 saturated carbocycles. The fraction of sp³-hybridized carbons (Fsp3) is 0.227. The lowest BCUT2D eigenvalue weighted by atomic mass is 10.1. The van der Waals surface area contributed by atoms with Crippen molar-refractivity contribution in [1.29, 1.82) is 0 Å². The van der Waals surface area contributed by atoms with Gasteiger partial charge in [0.05, 0.1) is 12.8 Å². The Bertz CT molecular complexity index is 1230. The van der Waals surface area contributed by atoms with E-state index in [1.165, 1.54) is 19.2 Å². The van der Waals surface area contributed by atoms with Crippen molar-refractivity contribution in [3.8, 4) is 22.9 Å². The van der Waals surface area contributed by atoms with E-state index in [0.29, 0.717) is 23.0 Å². The van der Waals surface area contributed by atoms with Gasteiger partial charge < -0.3 is 19.1 Å². The highest BCUT2D eigenvalue weighted by Crippen LogP contribution is 2.31. The molecule has 178 valence electrons. The van der Waals surface area contributed by atoms with E-state index < -0.39 is 18.6 Å². The number of carboxylic acid groups (broad SMARTS) is 1. The summed E-state index contributed by atoms with van der Waals surface area (Å²) in [4.78, 5) is 23.5. The Balaban J connectivity index is 2.15. The van der Waals surface area contributed by atoms with E-state index in [0.717, 1.165) is 11.8 Å². The maximum Gasteiger partial charge on any atom is 0.432 e. The second-order valence-corrected chi connectivity index (χ2v) is 7.37. The number of carbonyl (C=O) groups is 1. The number of hydrogen-bond acceptors (Lipinski definition) is 8. The number of thioether (sulfide) groups is 1. The summed E-state index contributed by atoms with van der Waals surface area (Å²) >= 11 is 0.967. The van der Waals surface area contributed by atoms with Gasteiger partial charge in [0.1, 0.15) is 29.8 Å². The molecule has 3 aromatic rings. The quantitative estimate of drug-likeness (QED) is 0.342. The van der Waals surface area contributed by atoms with Gasteiger partial charge in [-0.05, 0) is 36.6 Å². The van der Waals surface area contributed by atoms with Crippen LogP contribution in [0.15, 0.2) is 50.9 Å². The van der Waals surface area contributed by atoms with Crippen LogP contribution in [-0.2, 0) is 0 Å². The first-order valence-corrected chi connectivity index (χ1v) is 11.0. The number of halogens is 2. The van der Waals surface area contributed by atoms with Gasteiger partial charge >= 0.3 is 6.09 Å². The van der Waals surface area contributed by atoms with E-state index in [-0.39, 0.29) is 34.4 Å². The summed E-state index contributed by atoms with van der Waals surface area (Å²) in [7, 11) is 1.37. The van der Waals surface area contributed by atoms with Crippen LogP contribution in [0.2, 0.25) is 0 Å². The molecule has 0 fully saturated rings. The van der Waals surface area contributed by atoms with Crippen LogP contribution in [0.5, 0.6) is 11.5 Å². The van der Waals surface area contributed by atoms with Gasteiger partial charge in [0.15, 0.2) is 11.6 Å². The third-order valence-electron chi connectivity index (χ3n) is 4.33. The molecular weight excluding hydrogens is 470 g/mol. The molecule has 1 heterocycles. The van der Waals surface area contributed by atoms with Crippen LogP contribution in [0.1, 0.15) is 11.5 Å². The number of aromatic nitrogens is 2. The Morgan fingerprint density at radius 3 is 2.56 bits per heavy atom. The fourth-order valence-electron chi connectivity index (χ4n) is 2.85. The molecule has 34 heavy (non-hydrogen) atoms. The van der Waals surface area contributed by atoms with Crippen molar-refractivity contribution in [1.82, 2.24) is 10.1 Å². The molecule has 2 aromatic carbocycles. The molecular formula is C22H20F2N4O5S. The summed E-state index contributed by atoms with van der Waals surface area (Å²) in [5.74, 6) is -0.124. The SMILES string of the molecule is COc1cc(OCCF)c(F)c(C(=Nc2ccc(-c3noc(C)n3)cc2)C(=NC(=O)O)SC)c1. The lowest BCUT2D eigenvalue weighted by Gasteiger charge is -2.14. The number of methoxy groups -OCH3 is 1. The Morgan fingerprint density at radius 1 is 1.26 bits per heavy atom. The molecule has 3 rings (SSSR count). The van der Waals surface area contributed by atoms with E-state index in [1.54, 1.807) is 37.4 Å². The van der Waals surface area contributed by atoms with Crippen LogP contribution in [0.25, 0.3) is 11.4 Å². The number of ether oxygens (including phenoxy) is 2. The third-order valence-corrected chi connectivity index (χ3v) is 5.00. The number of rotatable bonds is 8. The number of aliphatic imine (C=N–C) groups is 2. The minimum absolute atomic E-state index is 0.0611. The maximum atomic E-state index is 15.4. The Morgan fingerprint density at radius 2 is 2.00 bits per heavy atom. The predicted molar refractivity (Wildman–Crippen MR) is 124 cm³/mol. The van der Waals surface area contributed by atoms with Gasteiger partial charge in [-0.3, -0.25) is 0 Å². The molecule has 12 heteroatoms. The lowest BCUT2D eigenvalue weighted by Crippen LogP contribution is -2.17. The minimum atomic E-state index is -1.47. The standard InChI is InChI=1S/C22H20F2N4O5S/c1-12-25-20(28-33-12)13-4-6-14(7-5-13)26-19(21(34-3)27-22(29)30)16-10-15(31-2)11-17(18(16)24)32-9-8-23/h4-7,10-11H,8-9H2,1-3H3,(H,29,30). The molecule has 1 N–H and O–H groups in total. The van der Waals surface area contributed by atoms with Gasteiger partial charge in [0.2, 0.25) is 11.7 Å². The molecule has 0 atom stereocenters. The number of hydrogen-bond donors (Lipinski definition) is 1. The minimum Gasteiger partial charge on any atom is -0.497 e. The van der Waals surface area contributed by atoms with E-state index in [9.17, 15) is 14.3 Å². The van der Waals surface area contributed by atoms with Crippen LogP contribution in [-0.4, -0.2) is 58.7 Å². The van der Waals surface area contributed by atoms with Crippen LogP contribution < -0.4 is 9.47 Å². The first-order chi connectivity index (χ1) is 16.4. The van der Waals surface area contributed by atoms with Gasteiger partial charge in [-0.15, -0.1) is 11.8 Å².